The highest BCUT2D eigenvalue weighted by atomic mass is 16.6. The summed E-state index contributed by atoms with van der Waals surface area (Å²) in [6.07, 6.45) is 7.98. The molecule has 0 aromatic heterocycles. The Bertz CT molecular complexity index is 441. The second-order valence-corrected chi connectivity index (χ2v) is 8.48. The largest absolute Gasteiger partial charge is 0.365 e. The van der Waals surface area contributed by atoms with Crippen LogP contribution in [0, 0.1) is 29.1 Å². The summed E-state index contributed by atoms with van der Waals surface area (Å²) in [5, 5.41) is 0. The first-order valence-corrected chi connectivity index (χ1v) is 8.67. The molecule has 4 fully saturated rings. The van der Waals surface area contributed by atoms with E-state index in [1.54, 1.807) is 0 Å². The Kier molecular flexibility index (Phi) is 2.72. The fourth-order valence-electron chi connectivity index (χ4n) is 6.00. The van der Waals surface area contributed by atoms with E-state index in [0.717, 1.165) is 37.5 Å². The number of Topliss-reactive ketones (excluding diaryl/α,β-unsaturated/α-hetero) is 1. The van der Waals surface area contributed by atoms with E-state index in [4.69, 9.17) is 4.74 Å². The van der Waals surface area contributed by atoms with Gasteiger partial charge in [-0.2, -0.15) is 0 Å². The topological polar surface area (TPSA) is 29.6 Å². The van der Waals surface area contributed by atoms with E-state index in [-0.39, 0.29) is 5.60 Å². The zero-order valence-corrected chi connectivity index (χ0v) is 13.2. The highest BCUT2D eigenvalue weighted by Crippen LogP contribution is 2.75. The van der Waals surface area contributed by atoms with Crippen molar-refractivity contribution in [1.29, 1.82) is 0 Å². The summed E-state index contributed by atoms with van der Waals surface area (Å²) in [7, 11) is 0. The number of fused-ring (bicyclic) bond motifs is 2. The van der Waals surface area contributed by atoms with Crippen molar-refractivity contribution in [2.24, 2.45) is 29.1 Å². The van der Waals surface area contributed by atoms with Crippen LogP contribution in [-0.2, 0) is 9.53 Å². The van der Waals surface area contributed by atoms with Crippen LogP contribution in [0.3, 0.4) is 0 Å². The molecule has 4 rings (SSSR count). The Morgan fingerprint density at radius 1 is 1.10 bits per heavy atom. The van der Waals surface area contributed by atoms with Gasteiger partial charge >= 0.3 is 0 Å². The van der Waals surface area contributed by atoms with Crippen molar-refractivity contribution in [2.75, 3.05) is 0 Å². The third kappa shape index (κ3) is 1.63. The van der Waals surface area contributed by atoms with Gasteiger partial charge in [0.1, 0.15) is 11.4 Å². The van der Waals surface area contributed by atoms with Gasteiger partial charge in [-0.15, -0.1) is 0 Å². The molecule has 0 aromatic carbocycles. The zero-order chi connectivity index (χ0) is 14.1. The maximum atomic E-state index is 12.0. The average molecular weight is 276 g/mol. The van der Waals surface area contributed by atoms with Crippen LogP contribution in [0.2, 0.25) is 0 Å². The van der Waals surface area contributed by atoms with Gasteiger partial charge in [0.2, 0.25) is 0 Å². The minimum Gasteiger partial charge on any atom is -0.365 e. The zero-order valence-electron chi connectivity index (χ0n) is 13.2. The van der Waals surface area contributed by atoms with E-state index in [1.807, 2.05) is 0 Å². The Morgan fingerprint density at radius 2 is 1.90 bits per heavy atom. The Balaban J connectivity index is 1.63. The smallest absolute Gasteiger partial charge is 0.132 e. The third-order valence-electron chi connectivity index (χ3n) is 7.23. The molecule has 0 bridgehead atoms. The van der Waals surface area contributed by atoms with Crippen LogP contribution in [0.4, 0.5) is 0 Å². The van der Waals surface area contributed by atoms with Crippen LogP contribution >= 0.6 is 0 Å². The maximum Gasteiger partial charge on any atom is 0.132 e. The molecule has 1 aliphatic heterocycles. The summed E-state index contributed by atoms with van der Waals surface area (Å²) in [4.78, 5) is 12.0. The van der Waals surface area contributed by atoms with E-state index in [9.17, 15) is 4.79 Å². The monoisotopic (exact) mass is 276 g/mol. The quantitative estimate of drug-likeness (QED) is 0.626. The fourth-order valence-corrected chi connectivity index (χ4v) is 6.00. The van der Waals surface area contributed by atoms with Crippen LogP contribution in [0.15, 0.2) is 0 Å². The highest BCUT2D eigenvalue weighted by molar-refractivity contribution is 5.78. The molecular weight excluding hydrogens is 248 g/mol. The van der Waals surface area contributed by atoms with Crippen molar-refractivity contribution < 1.29 is 9.53 Å². The van der Waals surface area contributed by atoms with E-state index < -0.39 is 0 Å². The molecule has 0 aromatic rings. The summed E-state index contributed by atoms with van der Waals surface area (Å²) >= 11 is 0. The molecule has 20 heavy (non-hydrogen) atoms. The highest BCUT2D eigenvalue weighted by Gasteiger charge is 2.76. The first kappa shape index (κ1) is 13.3. The summed E-state index contributed by atoms with van der Waals surface area (Å²) < 4.78 is 6.37. The van der Waals surface area contributed by atoms with Crippen LogP contribution in [0.1, 0.15) is 65.7 Å². The van der Waals surface area contributed by atoms with Gasteiger partial charge in [0.05, 0.1) is 6.10 Å². The second-order valence-electron chi connectivity index (χ2n) is 8.48. The Labute approximate surface area is 122 Å². The molecular formula is C18H28O2. The minimum atomic E-state index is 0.159. The standard InChI is InChI=1S/C18H28O2/c1-11-10-14-16(17(14,2)3)13-9-8-12(19)6-4-5-7-15-18(11,13)20-15/h11,13-16H,4-10H2,1-3H3/t11-,13-,14+,15-,16-,18-/m0/s1. The molecule has 0 N–H and O–H groups in total. The summed E-state index contributed by atoms with van der Waals surface area (Å²) in [6, 6.07) is 0. The number of carbonyl (C=O) groups excluding carboxylic acids is 1. The lowest BCUT2D eigenvalue weighted by molar-refractivity contribution is -0.119. The van der Waals surface area contributed by atoms with Gasteiger partial charge in [-0.1, -0.05) is 27.2 Å². The number of hydrogen-bond donors (Lipinski definition) is 0. The molecule has 0 unspecified atom stereocenters. The number of ether oxygens (including phenoxy) is 1. The molecule has 3 aliphatic carbocycles. The third-order valence-corrected chi connectivity index (χ3v) is 7.23. The van der Waals surface area contributed by atoms with Gasteiger partial charge < -0.3 is 4.74 Å². The lowest BCUT2D eigenvalue weighted by atomic mass is 9.67. The van der Waals surface area contributed by atoms with Crippen LogP contribution < -0.4 is 0 Å². The molecule has 0 amide bonds. The van der Waals surface area contributed by atoms with Gasteiger partial charge in [0, 0.05) is 12.8 Å². The van der Waals surface area contributed by atoms with Gasteiger partial charge in [0.15, 0.2) is 0 Å². The molecule has 1 heterocycles. The van der Waals surface area contributed by atoms with Crippen molar-refractivity contribution in [3.05, 3.63) is 0 Å². The van der Waals surface area contributed by atoms with Crippen LogP contribution in [-0.4, -0.2) is 17.5 Å². The molecule has 0 radical (unpaired) electrons. The number of rotatable bonds is 0. The van der Waals surface area contributed by atoms with Gasteiger partial charge in [-0.3, -0.25) is 4.79 Å². The lowest BCUT2D eigenvalue weighted by Crippen LogP contribution is -2.40. The molecule has 112 valence electrons. The number of hydrogen-bond acceptors (Lipinski definition) is 2. The van der Waals surface area contributed by atoms with E-state index in [2.05, 4.69) is 20.8 Å². The first-order valence-electron chi connectivity index (χ1n) is 8.67. The molecule has 1 spiro atoms. The SMILES string of the molecule is C[C@H]1C[C@@H]2[C@H]([C@@H]3CCC(=O)CCCC[C@@H]4O[C@@]413)C2(C)C. The van der Waals surface area contributed by atoms with Crippen LogP contribution in [0.25, 0.3) is 0 Å². The second kappa shape index (κ2) is 4.09. The summed E-state index contributed by atoms with van der Waals surface area (Å²) in [5.74, 6) is 3.53. The van der Waals surface area contributed by atoms with E-state index in [0.29, 0.717) is 29.1 Å². The molecule has 2 nitrogen and oxygen atoms in total. The first-order chi connectivity index (χ1) is 9.48. The Hall–Kier alpha value is -0.370. The minimum absolute atomic E-state index is 0.159. The lowest BCUT2D eigenvalue weighted by Gasteiger charge is -2.35. The van der Waals surface area contributed by atoms with Gasteiger partial charge in [-0.05, 0) is 54.8 Å². The molecule has 4 aliphatic rings. The van der Waals surface area contributed by atoms with E-state index >= 15 is 0 Å². The van der Waals surface area contributed by atoms with Crippen LogP contribution in [0.5, 0.6) is 0 Å². The predicted molar refractivity (Wildman–Crippen MR) is 78.3 cm³/mol. The van der Waals surface area contributed by atoms with Gasteiger partial charge in [-0.25, -0.2) is 0 Å². The van der Waals surface area contributed by atoms with Crippen molar-refractivity contribution in [3.63, 3.8) is 0 Å². The summed E-state index contributed by atoms with van der Waals surface area (Å²) in [5.41, 5.74) is 0.651. The normalized spacial score (nSPS) is 53.4. The van der Waals surface area contributed by atoms with Crippen molar-refractivity contribution in [1.82, 2.24) is 0 Å². The van der Waals surface area contributed by atoms with Crippen molar-refractivity contribution in [2.45, 2.75) is 77.4 Å². The summed E-state index contributed by atoms with van der Waals surface area (Å²) in [6.45, 7) is 7.28. The molecule has 6 atom stereocenters. The average Bonchev–Trinajstić information content (AvgIpc) is 3.23. The number of epoxide rings is 1. The molecule has 3 saturated carbocycles. The number of ketones is 1. The predicted octanol–water partition coefficient (Wildman–Crippen LogP) is 3.98. The Morgan fingerprint density at radius 3 is 2.70 bits per heavy atom. The van der Waals surface area contributed by atoms with Gasteiger partial charge in [0.25, 0.3) is 0 Å². The van der Waals surface area contributed by atoms with E-state index in [1.165, 1.54) is 19.3 Å². The molecule has 1 saturated heterocycles. The number of carbonyl (C=O) groups is 1. The fraction of sp³-hybridized carbons (Fsp3) is 0.944. The van der Waals surface area contributed by atoms with Crippen molar-refractivity contribution in [3.8, 4) is 0 Å². The van der Waals surface area contributed by atoms with Crippen molar-refractivity contribution >= 4 is 5.78 Å². The maximum absolute atomic E-state index is 12.0. The molecule has 2 heteroatoms.